The van der Waals surface area contributed by atoms with E-state index in [-0.39, 0.29) is 11.8 Å². The lowest BCUT2D eigenvalue weighted by atomic mass is 10.1. The van der Waals surface area contributed by atoms with Gasteiger partial charge in [0.2, 0.25) is 5.95 Å². The van der Waals surface area contributed by atoms with Gasteiger partial charge >= 0.3 is 0 Å². The van der Waals surface area contributed by atoms with Gasteiger partial charge < -0.3 is 5.73 Å². The molecule has 0 aliphatic rings. The molecule has 0 amide bonds. The van der Waals surface area contributed by atoms with Gasteiger partial charge in [0.15, 0.2) is 11.0 Å². The maximum absolute atomic E-state index is 13.0. The number of nitrogens with zero attached hydrogens (tertiary/aromatic N) is 3. The van der Waals surface area contributed by atoms with E-state index in [1.807, 2.05) is 6.26 Å². The molecule has 2 rings (SSSR count). The van der Waals surface area contributed by atoms with Crippen LogP contribution in [0.25, 0.3) is 11.4 Å². The Morgan fingerprint density at radius 3 is 2.65 bits per heavy atom. The van der Waals surface area contributed by atoms with Crippen LogP contribution in [0.5, 0.6) is 0 Å². The fraction of sp³-hybridized carbons (Fsp3) is 0.182. The Morgan fingerprint density at radius 2 is 2.00 bits per heavy atom. The number of rotatable bonds is 2. The van der Waals surface area contributed by atoms with Crippen LogP contribution >= 0.6 is 11.8 Å². The average Bonchev–Trinajstić information content (AvgIpc) is 2.28. The molecule has 1 aromatic carbocycles. The lowest BCUT2D eigenvalue weighted by molar-refractivity contribution is 0.627. The van der Waals surface area contributed by atoms with Gasteiger partial charge in [0.1, 0.15) is 5.82 Å². The van der Waals surface area contributed by atoms with Crippen LogP contribution in [0.4, 0.5) is 10.3 Å². The molecule has 0 atom stereocenters. The first-order valence-corrected chi connectivity index (χ1v) is 6.14. The molecule has 0 aliphatic heterocycles. The minimum atomic E-state index is -0.279. The first-order chi connectivity index (χ1) is 8.10. The molecule has 0 saturated heterocycles. The van der Waals surface area contributed by atoms with Gasteiger partial charge in [-0.05, 0) is 36.9 Å². The molecule has 0 spiro atoms. The van der Waals surface area contributed by atoms with Crippen molar-refractivity contribution in [3.8, 4) is 11.4 Å². The number of benzene rings is 1. The summed E-state index contributed by atoms with van der Waals surface area (Å²) < 4.78 is 13.0. The SMILES string of the molecule is CSc1nc(N)nc(-c2ccc(F)cc2C)n1. The summed E-state index contributed by atoms with van der Waals surface area (Å²) in [5, 5.41) is 0.552. The minimum absolute atomic E-state index is 0.170. The summed E-state index contributed by atoms with van der Waals surface area (Å²) in [6.07, 6.45) is 1.86. The van der Waals surface area contributed by atoms with Gasteiger partial charge in [-0.15, -0.1) is 0 Å². The van der Waals surface area contributed by atoms with Gasteiger partial charge in [-0.2, -0.15) is 9.97 Å². The van der Waals surface area contributed by atoms with Gasteiger partial charge in [-0.25, -0.2) is 9.37 Å². The van der Waals surface area contributed by atoms with Crippen molar-refractivity contribution in [1.82, 2.24) is 15.0 Å². The molecule has 2 N–H and O–H groups in total. The number of aromatic nitrogens is 3. The maximum Gasteiger partial charge on any atom is 0.224 e. The van der Waals surface area contributed by atoms with E-state index < -0.39 is 0 Å². The van der Waals surface area contributed by atoms with Crippen molar-refractivity contribution in [2.45, 2.75) is 12.1 Å². The topological polar surface area (TPSA) is 64.7 Å². The number of aryl methyl sites for hydroxylation is 1. The van der Waals surface area contributed by atoms with E-state index in [1.165, 1.54) is 23.9 Å². The van der Waals surface area contributed by atoms with Crippen molar-refractivity contribution in [2.24, 2.45) is 0 Å². The molecule has 1 heterocycles. The number of nitrogen functional groups attached to an aromatic ring is 1. The zero-order chi connectivity index (χ0) is 12.4. The van der Waals surface area contributed by atoms with Gasteiger partial charge in [-0.3, -0.25) is 0 Å². The zero-order valence-corrected chi connectivity index (χ0v) is 10.3. The first-order valence-electron chi connectivity index (χ1n) is 4.92. The highest BCUT2D eigenvalue weighted by Crippen LogP contribution is 2.22. The third-order valence-electron chi connectivity index (χ3n) is 2.24. The third kappa shape index (κ3) is 2.52. The Balaban J connectivity index is 2.55. The van der Waals surface area contributed by atoms with E-state index in [9.17, 15) is 4.39 Å². The molecule has 1 aromatic heterocycles. The van der Waals surface area contributed by atoms with Crippen LogP contribution in [0.2, 0.25) is 0 Å². The van der Waals surface area contributed by atoms with Crippen molar-refractivity contribution >= 4 is 17.7 Å². The molecule has 0 bridgehead atoms. The fourth-order valence-electron chi connectivity index (χ4n) is 1.46. The summed E-state index contributed by atoms with van der Waals surface area (Å²) in [6, 6.07) is 4.46. The highest BCUT2D eigenvalue weighted by Gasteiger charge is 2.09. The monoisotopic (exact) mass is 250 g/mol. The lowest BCUT2D eigenvalue weighted by Crippen LogP contribution is -2.02. The van der Waals surface area contributed by atoms with Crippen LogP contribution in [-0.4, -0.2) is 21.2 Å². The molecular weight excluding hydrogens is 239 g/mol. The van der Waals surface area contributed by atoms with Crippen LogP contribution < -0.4 is 5.73 Å². The lowest BCUT2D eigenvalue weighted by Gasteiger charge is -2.06. The number of anilines is 1. The molecule has 17 heavy (non-hydrogen) atoms. The van der Waals surface area contributed by atoms with E-state index >= 15 is 0 Å². The van der Waals surface area contributed by atoms with Crippen LogP contribution in [0.1, 0.15) is 5.56 Å². The summed E-state index contributed by atoms with van der Waals surface area (Å²) in [5.74, 6) is 0.362. The molecule has 0 radical (unpaired) electrons. The van der Waals surface area contributed by atoms with Crippen molar-refractivity contribution in [3.63, 3.8) is 0 Å². The summed E-state index contributed by atoms with van der Waals surface area (Å²) in [4.78, 5) is 12.3. The molecular formula is C11H11FN4S. The average molecular weight is 250 g/mol. The van der Waals surface area contributed by atoms with Gasteiger partial charge in [-0.1, -0.05) is 11.8 Å². The van der Waals surface area contributed by atoms with Crippen LogP contribution in [0, 0.1) is 12.7 Å². The Labute approximate surface area is 103 Å². The zero-order valence-electron chi connectivity index (χ0n) is 9.44. The largest absolute Gasteiger partial charge is 0.368 e. The minimum Gasteiger partial charge on any atom is -0.368 e. The highest BCUT2D eigenvalue weighted by molar-refractivity contribution is 7.98. The van der Waals surface area contributed by atoms with Crippen LogP contribution in [-0.2, 0) is 0 Å². The Kier molecular flexibility index (Phi) is 3.23. The standard InChI is InChI=1S/C11H11FN4S/c1-6-5-7(12)3-4-8(6)9-14-10(13)16-11(15-9)17-2/h3-5H,1-2H3,(H2,13,14,15,16). The number of hydrogen-bond donors (Lipinski definition) is 1. The summed E-state index contributed by atoms with van der Waals surface area (Å²) >= 11 is 1.38. The second-order valence-corrected chi connectivity index (χ2v) is 4.24. The second kappa shape index (κ2) is 4.67. The van der Waals surface area contributed by atoms with Crippen molar-refractivity contribution < 1.29 is 4.39 Å². The van der Waals surface area contributed by atoms with Gasteiger partial charge in [0.25, 0.3) is 0 Å². The van der Waals surface area contributed by atoms with E-state index in [4.69, 9.17) is 5.73 Å². The maximum atomic E-state index is 13.0. The fourth-order valence-corrected chi connectivity index (χ4v) is 1.82. The molecule has 4 nitrogen and oxygen atoms in total. The first kappa shape index (κ1) is 11.8. The molecule has 88 valence electrons. The second-order valence-electron chi connectivity index (χ2n) is 3.46. The Morgan fingerprint density at radius 1 is 1.24 bits per heavy atom. The molecule has 2 aromatic rings. The van der Waals surface area contributed by atoms with E-state index in [1.54, 1.807) is 13.0 Å². The van der Waals surface area contributed by atoms with Crippen molar-refractivity contribution in [1.29, 1.82) is 0 Å². The molecule has 6 heteroatoms. The smallest absolute Gasteiger partial charge is 0.224 e. The normalized spacial score (nSPS) is 10.5. The van der Waals surface area contributed by atoms with Crippen LogP contribution in [0.3, 0.4) is 0 Å². The van der Waals surface area contributed by atoms with E-state index in [2.05, 4.69) is 15.0 Å². The van der Waals surface area contributed by atoms with Gasteiger partial charge in [0, 0.05) is 5.56 Å². The number of hydrogen-bond acceptors (Lipinski definition) is 5. The molecule has 0 saturated carbocycles. The quantitative estimate of drug-likeness (QED) is 0.828. The molecule has 0 fully saturated rings. The predicted molar refractivity (Wildman–Crippen MR) is 66.2 cm³/mol. The Bertz CT molecular complexity index is 559. The summed E-state index contributed by atoms with van der Waals surface area (Å²) in [7, 11) is 0. The van der Waals surface area contributed by atoms with Crippen LogP contribution in [0.15, 0.2) is 23.4 Å². The van der Waals surface area contributed by atoms with Crippen molar-refractivity contribution in [3.05, 3.63) is 29.6 Å². The van der Waals surface area contributed by atoms with Crippen molar-refractivity contribution in [2.75, 3.05) is 12.0 Å². The van der Waals surface area contributed by atoms with E-state index in [0.29, 0.717) is 11.0 Å². The number of thioether (sulfide) groups is 1. The highest BCUT2D eigenvalue weighted by atomic mass is 32.2. The Hall–Kier alpha value is -1.69. The summed E-state index contributed by atoms with van der Waals surface area (Å²) in [5.41, 5.74) is 7.13. The predicted octanol–water partition coefficient (Wildman–Crippen LogP) is 2.29. The van der Waals surface area contributed by atoms with Gasteiger partial charge in [0.05, 0.1) is 0 Å². The number of halogens is 1. The third-order valence-corrected chi connectivity index (χ3v) is 2.79. The summed E-state index contributed by atoms with van der Waals surface area (Å²) in [6.45, 7) is 1.80. The number of nitrogens with two attached hydrogens (primary N) is 1. The molecule has 0 unspecified atom stereocenters. The molecule has 0 aliphatic carbocycles. The van der Waals surface area contributed by atoms with E-state index in [0.717, 1.165) is 11.1 Å².